The molecule has 2 nitrogen and oxygen atoms in total. The first kappa shape index (κ1) is 24.0. The molecule has 1 aliphatic carbocycles. The molecule has 0 saturated carbocycles. The van der Waals surface area contributed by atoms with E-state index in [-0.39, 0.29) is 16.8 Å². The van der Waals surface area contributed by atoms with Crippen molar-refractivity contribution in [2.75, 3.05) is 6.61 Å². The molecule has 2 atom stereocenters. The molecule has 27 heavy (non-hydrogen) atoms. The van der Waals surface area contributed by atoms with E-state index < -0.39 is 0 Å². The number of esters is 1. The first-order valence-electron chi connectivity index (χ1n) is 11.0. The highest BCUT2D eigenvalue weighted by Gasteiger charge is 2.30. The first-order valence-corrected chi connectivity index (χ1v) is 11.0. The second-order valence-electron chi connectivity index (χ2n) is 10.4. The Morgan fingerprint density at radius 1 is 1.19 bits per heavy atom. The Balaban J connectivity index is 2.65. The summed E-state index contributed by atoms with van der Waals surface area (Å²) in [7, 11) is 0. The summed E-state index contributed by atoms with van der Waals surface area (Å²) < 4.78 is 5.58. The Morgan fingerprint density at radius 2 is 1.85 bits per heavy atom. The van der Waals surface area contributed by atoms with Gasteiger partial charge in [-0.2, -0.15) is 0 Å². The smallest absolute Gasteiger partial charge is 0.306 e. The molecule has 156 valence electrons. The van der Waals surface area contributed by atoms with Gasteiger partial charge in [0.05, 0.1) is 6.61 Å². The van der Waals surface area contributed by atoms with Gasteiger partial charge in [-0.1, -0.05) is 98.0 Å². The zero-order valence-electron chi connectivity index (χ0n) is 19.3. The Morgan fingerprint density at radius 3 is 2.37 bits per heavy atom. The second-order valence-corrected chi connectivity index (χ2v) is 10.4. The molecule has 0 aromatic heterocycles. The van der Waals surface area contributed by atoms with E-state index in [4.69, 9.17) is 4.74 Å². The van der Waals surface area contributed by atoms with Gasteiger partial charge in [-0.15, -0.1) is 0 Å². The van der Waals surface area contributed by atoms with Crippen LogP contribution in [0.15, 0.2) is 23.3 Å². The van der Waals surface area contributed by atoms with Crippen LogP contribution < -0.4 is 0 Å². The van der Waals surface area contributed by atoms with Gasteiger partial charge in [0, 0.05) is 6.42 Å². The third kappa shape index (κ3) is 8.66. The van der Waals surface area contributed by atoms with Crippen molar-refractivity contribution in [3.8, 4) is 0 Å². The predicted octanol–water partition coefficient (Wildman–Crippen LogP) is 7.49. The number of hydrogen-bond acceptors (Lipinski definition) is 2. The SMILES string of the molecule is CCCCC(CC)COC(=O)CCC1=CC(C(C)(C)C)CC(C(C)(C)C)=C1. The van der Waals surface area contributed by atoms with Crippen LogP contribution in [0, 0.1) is 22.7 Å². The molecule has 1 rings (SSSR count). The molecular weight excluding hydrogens is 332 g/mol. The van der Waals surface area contributed by atoms with Crippen molar-refractivity contribution < 1.29 is 9.53 Å². The lowest BCUT2D eigenvalue weighted by Crippen LogP contribution is -2.25. The van der Waals surface area contributed by atoms with Crippen molar-refractivity contribution in [3.63, 3.8) is 0 Å². The van der Waals surface area contributed by atoms with Gasteiger partial charge in [0.25, 0.3) is 0 Å². The summed E-state index contributed by atoms with van der Waals surface area (Å²) in [5.74, 6) is 0.996. The number of hydrogen-bond donors (Lipinski definition) is 0. The van der Waals surface area contributed by atoms with Crippen LogP contribution in [0.4, 0.5) is 0 Å². The molecule has 2 unspecified atom stereocenters. The van der Waals surface area contributed by atoms with Gasteiger partial charge in [-0.25, -0.2) is 0 Å². The van der Waals surface area contributed by atoms with Crippen molar-refractivity contribution >= 4 is 5.97 Å². The number of ether oxygens (including phenoxy) is 1. The van der Waals surface area contributed by atoms with E-state index in [9.17, 15) is 4.79 Å². The van der Waals surface area contributed by atoms with Crippen LogP contribution in [0.3, 0.4) is 0 Å². The van der Waals surface area contributed by atoms with Gasteiger partial charge in [-0.05, 0) is 41.9 Å². The van der Waals surface area contributed by atoms with E-state index >= 15 is 0 Å². The Hall–Kier alpha value is -1.05. The highest BCUT2D eigenvalue weighted by Crippen LogP contribution is 2.42. The first-order chi connectivity index (χ1) is 12.5. The average molecular weight is 377 g/mol. The van der Waals surface area contributed by atoms with E-state index in [1.807, 2.05) is 0 Å². The van der Waals surface area contributed by atoms with Crippen LogP contribution in [0.2, 0.25) is 0 Å². The summed E-state index contributed by atoms with van der Waals surface area (Å²) in [4.78, 5) is 12.3. The largest absolute Gasteiger partial charge is 0.465 e. The van der Waals surface area contributed by atoms with Crippen LogP contribution in [-0.2, 0) is 9.53 Å². The quantitative estimate of drug-likeness (QED) is 0.390. The maximum Gasteiger partial charge on any atom is 0.306 e. The molecule has 0 heterocycles. The molecule has 0 fully saturated rings. The van der Waals surface area contributed by atoms with Gasteiger partial charge >= 0.3 is 5.97 Å². The van der Waals surface area contributed by atoms with Crippen molar-refractivity contribution in [2.24, 2.45) is 22.7 Å². The van der Waals surface area contributed by atoms with Crippen LogP contribution in [0.5, 0.6) is 0 Å². The maximum absolute atomic E-state index is 12.3. The molecule has 0 spiro atoms. The molecule has 0 aliphatic heterocycles. The number of rotatable bonds is 9. The minimum atomic E-state index is -0.0468. The molecule has 1 aliphatic rings. The van der Waals surface area contributed by atoms with E-state index in [0.29, 0.717) is 24.9 Å². The van der Waals surface area contributed by atoms with Crippen LogP contribution in [0.1, 0.15) is 100 Å². The van der Waals surface area contributed by atoms with Crippen LogP contribution in [0.25, 0.3) is 0 Å². The van der Waals surface area contributed by atoms with E-state index in [2.05, 4.69) is 67.5 Å². The number of carbonyl (C=O) groups excluding carboxylic acids is 1. The molecule has 0 radical (unpaired) electrons. The third-order valence-electron chi connectivity index (χ3n) is 5.93. The molecular formula is C25H44O2. The summed E-state index contributed by atoms with van der Waals surface area (Å²) in [6.45, 7) is 18.8. The van der Waals surface area contributed by atoms with Crippen molar-refractivity contribution in [1.82, 2.24) is 0 Å². The number of unbranched alkanes of at least 4 members (excludes halogenated alkanes) is 1. The topological polar surface area (TPSA) is 26.3 Å². The Kier molecular flexibility index (Phi) is 9.31. The van der Waals surface area contributed by atoms with Crippen LogP contribution in [-0.4, -0.2) is 12.6 Å². The van der Waals surface area contributed by atoms with Gasteiger partial charge < -0.3 is 4.74 Å². The predicted molar refractivity (Wildman–Crippen MR) is 117 cm³/mol. The van der Waals surface area contributed by atoms with Gasteiger partial charge in [0.15, 0.2) is 0 Å². The molecule has 0 bridgehead atoms. The lowest BCUT2D eigenvalue weighted by atomic mass is 9.69. The van der Waals surface area contributed by atoms with E-state index in [0.717, 1.165) is 25.7 Å². The standard InChI is InChI=1S/C25H44O2/c1-9-11-12-19(10-2)18-27-23(26)14-13-20-15-21(24(3,4)5)17-22(16-20)25(6,7)8/h15-16,19,21H,9-14,17-18H2,1-8H3. The summed E-state index contributed by atoms with van der Waals surface area (Å²) >= 11 is 0. The maximum atomic E-state index is 12.3. The van der Waals surface area contributed by atoms with Crippen molar-refractivity contribution in [2.45, 2.75) is 100 Å². The van der Waals surface area contributed by atoms with Gasteiger partial charge in [0.1, 0.15) is 0 Å². The molecule has 2 heteroatoms. The number of carbonyl (C=O) groups is 1. The molecule has 0 amide bonds. The fourth-order valence-corrected chi connectivity index (χ4v) is 3.55. The van der Waals surface area contributed by atoms with E-state index in [1.54, 1.807) is 0 Å². The fourth-order valence-electron chi connectivity index (χ4n) is 3.55. The summed E-state index contributed by atoms with van der Waals surface area (Å²) in [6, 6.07) is 0. The minimum Gasteiger partial charge on any atom is -0.465 e. The minimum absolute atomic E-state index is 0.0468. The van der Waals surface area contributed by atoms with Crippen molar-refractivity contribution in [3.05, 3.63) is 23.3 Å². The summed E-state index contributed by atoms with van der Waals surface area (Å²) in [5, 5.41) is 0. The van der Waals surface area contributed by atoms with E-state index in [1.165, 1.54) is 24.0 Å². The molecule has 0 saturated heterocycles. The fraction of sp³-hybridized carbons (Fsp3) is 0.800. The lowest BCUT2D eigenvalue weighted by molar-refractivity contribution is -0.145. The van der Waals surface area contributed by atoms with Crippen LogP contribution >= 0.6 is 0 Å². The van der Waals surface area contributed by atoms with Crippen molar-refractivity contribution in [1.29, 1.82) is 0 Å². The zero-order valence-corrected chi connectivity index (χ0v) is 19.3. The highest BCUT2D eigenvalue weighted by molar-refractivity contribution is 5.69. The van der Waals surface area contributed by atoms with Gasteiger partial charge in [0.2, 0.25) is 0 Å². The Labute approximate surface area is 168 Å². The monoisotopic (exact) mass is 376 g/mol. The molecule has 0 aromatic carbocycles. The normalized spacial score (nSPS) is 19.3. The highest BCUT2D eigenvalue weighted by atomic mass is 16.5. The third-order valence-corrected chi connectivity index (χ3v) is 5.93. The second kappa shape index (κ2) is 10.5. The Bertz CT molecular complexity index is 526. The molecule has 0 N–H and O–H groups in total. The lowest BCUT2D eigenvalue weighted by Gasteiger charge is -2.36. The summed E-state index contributed by atoms with van der Waals surface area (Å²) in [5.41, 5.74) is 3.22. The number of allylic oxidation sites excluding steroid dienone is 4. The average Bonchev–Trinajstić information content (AvgIpc) is 2.58. The summed E-state index contributed by atoms with van der Waals surface area (Å²) in [6.07, 6.45) is 11.8. The van der Waals surface area contributed by atoms with Gasteiger partial charge in [-0.3, -0.25) is 4.79 Å². The zero-order chi connectivity index (χ0) is 20.7. The molecule has 0 aromatic rings.